The summed E-state index contributed by atoms with van der Waals surface area (Å²) in [6.45, 7) is 5.45. The largest absolute Gasteiger partial charge is 0.496 e. The van der Waals surface area contributed by atoms with Crippen molar-refractivity contribution in [3.05, 3.63) is 35.4 Å². The van der Waals surface area contributed by atoms with Crippen LogP contribution < -0.4 is 9.47 Å². The van der Waals surface area contributed by atoms with Gasteiger partial charge in [-0.2, -0.15) is 0 Å². The van der Waals surface area contributed by atoms with Crippen molar-refractivity contribution in [3.8, 4) is 11.5 Å². The highest BCUT2D eigenvalue weighted by atomic mass is 16.5. The Labute approximate surface area is 102 Å². The van der Waals surface area contributed by atoms with E-state index in [1.807, 2.05) is 26.0 Å². The maximum absolute atomic E-state index is 11.0. The predicted octanol–water partition coefficient (Wildman–Crippen LogP) is 3.13. The molecular weight excluding hydrogens is 216 g/mol. The van der Waals surface area contributed by atoms with Crippen LogP contribution in [0.2, 0.25) is 0 Å². The fourth-order valence-electron chi connectivity index (χ4n) is 1.49. The Hall–Kier alpha value is -1.77. The van der Waals surface area contributed by atoms with E-state index in [2.05, 4.69) is 6.08 Å². The van der Waals surface area contributed by atoms with Crippen LogP contribution in [-0.4, -0.2) is 13.1 Å². The van der Waals surface area contributed by atoms with Gasteiger partial charge in [0.05, 0.1) is 7.11 Å². The number of carbonyl (C=O) groups is 1. The minimum atomic E-state index is -0.322. The molecule has 0 spiro atoms. The zero-order valence-corrected chi connectivity index (χ0v) is 10.7. The maximum atomic E-state index is 11.0. The van der Waals surface area contributed by atoms with Gasteiger partial charge in [-0.1, -0.05) is 17.7 Å². The van der Waals surface area contributed by atoms with Crippen molar-refractivity contribution >= 4 is 5.97 Å². The average molecular weight is 234 g/mol. The molecule has 3 nitrogen and oxygen atoms in total. The summed E-state index contributed by atoms with van der Waals surface area (Å²) < 4.78 is 10.5. The molecule has 0 aliphatic heterocycles. The zero-order chi connectivity index (χ0) is 12.8. The van der Waals surface area contributed by atoms with Crippen molar-refractivity contribution in [2.24, 2.45) is 0 Å². The van der Waals surface area contributed by atoms with Gasteiger partial charge in [0.1, 0.15) is 11.5 Å². The summed E-state index contributed by atoms with van der Waals surface area (Å²) in [5.74, 6) is 0.979. The Bertz CT molecular complexity index is 429. The third-order valence-corrected chi connectivity index (χ3v) is 2.28. The lowest BCUT2D eigenvalue weighted by Crippen LogP contribution is -2.05. The van der Waals surface area contributed by atoms with E-state index in [-0.39, 0.29) is 5.97 Å². The van der Waals surface area contributed by atoms with Crippen LogP contribution in [0.4, 0.5) is 0 Å². The van der Waals surface area contributed by atoms with Gasteiger partial charge in [-0.05, 0) is 32.4 Å². The topological polar surface area (TPSA) is 35.5 Å². The van der Waals surface area contributed by atoms with Gasteiger partial charge in [0.15, 0.2) is 0 Å². The average Bonchev–Trinajstić information content (AvgIpc) is 2.26. The number of carbonyl (C=O) groups excluding carboxylic acids is 1. The van der Waals surface area contributed by atoms with Crippen molar-refractivity contribution in [3.63, 3.8) is 0 Å². The quantitative estimate of drug-likeness (QED) is 0.456. The molecule has 0 unspecified atom stereocenters. The molecule has 0 saturated heterocycles. The van der Waals surface area contributed by atoms with Crippen LogP contribution in [0.15, 0.2) is 29.8 Å². The molecule has 1 rings (SSSR count). The van der Waals surface area contributed by atoms with E-state index in [1.54, 1.807) is 13.2 Å². The molecule has 0 aliphatic carbocycles. The summed E-state index contributed by atoms with van der Waals surface area (Å²) in [6.07, 6.45) is 2.76. The first-order valence-corrected chi connectivity index (χ1v) is 5.52. The lowest BCUT2D eigenvalue weighted by molar-refractivity contribution is -0.131. The highest BCUT2D eigenvalue weighted by Gasteiger charge is 2.10. The fraction of sp³-hybridized carbons (Fsp3) is 0.357. The Kier molecular flexibility index (Phi) is 4.76. The maximum Gasteiger partial charge on any atom is 0.308 e. The molecule has 0 aromatic heterocycles. The second-order valence-electron chi connectivity index (χ2n) is 4.02. The third-order valence-electron chi connectivity index (χ3n) is 2.28. The SMILES string of the molecule is COc1cccc(OC(C)=O)c1CC=C(C)C. The molecular formula is C14H18O3. The molecule has 0 atom stereocenters. The molecule has 1 aromatic carbocycles. The van der Waals surface area contributed by atoms with Crippen LogP contribution in [0.25, 0.3) is 0 Å². The monoisotopic (exact) mass is 234 g/mol. The lowest BCUT2D eigenvalue weighted by atomic mass is 10.1. The molecule has 1 aromatic rings. The summed E-state index contributed by atoms with van der Waals surface area (Å²) in [7, 11) is 1.61. The normalized spacial score (nSPS) is 9.65. The molecule has 3 heteroatoms. The minimum absolute atomic E-state index is 0.322. The number of rotatable bonds is 4. The van der Waals surface area contributed by atoms with Crippen molar-refractivity contribution in [1.82, 2.24) is 0 Å². The van der Waals surface area contributed by atoms with Gasteiger partial charge in [-0.15, -0.1) is 0 Å². The number of esters is 1. The van der Waals surface area contributed by atoms with Gasteiger partial charge in [-0.25, -0.2) is 0 Å². The molecule has 0 amide bonds. The zero-order valence-electron chi connectivity index (χ0n) is 10.7. The van der Waals surface area contributed by atoms with Crippen molar-refractivity contribution < 1.29 is 14.3 Å². The Morgan fingerprint density at radius 1 is 1.24 bits per heavy atom. The molecule has 0 radical (unpaired) electrons. The molecule has 0 fully saturated rings. The van der Waals surface area contributed by atoms with E-state index in [1.165, 1.54) is 12.5 Å². The molecule has 17 heavy (non-hydrogen) atoms. The predicted molar refractivity (Wildman–Crippen MR) is 67.4 cm³/mol. The Balaban J connectivity index is 3.10. The first-order chi connectivity index (χ1) is 8.04. The lowest BCUT2D eigenvalue weighted by Gasteiger charge is -2.11. The summed E-state index contributed by atoms with van der Waals surface area (Å²) >= 11 is 0. The molecule has 0 saturated carbocycles. The van der Waals surface area contributed by atoms with Gasteiger partial charge in [0.25, 0.3) is 0 Å². The summed E-state index contributed by atoms with van der Waals surface area (Å²) in [5, 5.41) is 0. The highest BCUT2D eigenvalue weighted by Crippen LogP contribution is 2.29. The second kappa shape index (κ2) is 6.09. The molecule has 92 valence electrons. The summed E-state index contributed by atoms with van der Waals surface area (Å²) in [5.41, 5.74) is 2.11. The number of hydrogen-bond acceptors (Lipinski definition) is 3. The van der Waals surface area contributed by atoms with Gasteiger partial charge in [0, 0.05) is 12.5 Å². The fourth-order valence-corrected chi connectivity index (χ4v) is 1.49. The Morgan fingerprint density at radius 3 is 2.41 bits per heavy atom. The molecule has 0 N–H and O–H groups in total. The van der Waals surface area contributed by atoms with Gasteiger partial charge in [-0.3, -0.25) is 4.79 Å². The minimum Gasteiger partial charge on any atom is -0.496 e. The summed E-state index contributed by atoms with van der Waals surface area (Å²) in [6, 6.07) is 5.45. The van der Waals surface area contributed by atoms with Crippen LogP contribution in [0, 0.1) is 0 Å². The van der Waals surface area contributed by atoms with Crippen LogP contribution in [-0.2, 0) is 11.2 Å². The number of hydrogen-bond donors (Lipinski definition) is 0. The third kappa shape index (κ3) is 3.94. The van der Waals surface area contributed by atoms with E-state index < -0.39 is 0 Å². The number of allylic oxidation sites excluding steroid dienone is 2. The van der Waals surface area contributed by atoms with Gasteiger partial charge < -0.3 is 9.47 Å². The van der Waals surface area contributed by atoms with Crippen molar-refractivity contribution in [2.45, 2.75) is 27.2 Å². The van der Waals surface area contributed by atoms with E-state index in [4.69, 9.17) is 9.47 Å². The first kappa shape index (κ1) is 13.3. The number of methoxy groups -OCH3 is 1. The van der Waals surface area contributed by atoms with Gasteiger partial charge >= 0.3 is 5.97 Å². The van der Waals surface area contributed by atoms with Crippen LogP contribution in [0.5, 0.6) is 11.5 Å². The molecule has 0 heterocycles. The number of ether oxygens (including phenoxy) is 2. The number of benzene rings is 1. The molecule has 0 aliphatic rings. The summed E-state index contributed by atoms with van der Waals surface area (Å²) in [4.78, 5) is 11.0. The van der Waals surface area contributed by atoms with E-state index in [0.717, 1.165) is 11.3 Å². The van der Waals surface area contributed by atoms with Crippen molar-refractivity contribution in [1.29, 1.82) is 0 Å². The van der Waals surface area contributed by atoms with E-state index in [0.29, 0.717) is 12.2 Å². The van der Waals surface area contributed by atoms with E-state index >= 15 is 0 Å². The highest BCUT2D eigenvalue weighted by molar-refractivity contribution is 5.70. The van der Waals surface area contributed by atoms with Crippen LogP contribution in [0.3, 0.4) is 0 Å². The van der Waals surface area contributed by atoms with Crippen molar-refractivity contribution in [2.75, 3.05) is 7.11 Å². The first-order valence-electron chi connectivity index (χ1n) is 5.52. The standard InChI is InChI=1S/C14H18O3/c1-10(2)8-9-12-13(16-4)6-5-7-14(12)17-11(3)15/h5-8H,9H2,1-4H3. The van der Waals surface area contributed by atoms with Crippen LogP contribution in [0.1, 0.15) is 26.3 Å². The Morgan fingerprint density at radius 2 is 1.88 bits per heavy atom. The molecule has 0 bridgehead atoms. The van der Waals surface area contributed by atoms with Gasteiger partial charge in [0.2, 0.25) is 0 Å². The smallest absolute Gasteiger partial charge is 0.308 e. The van der Waals surface area contributed by atoms with E-state index in [9.17, 15) is 4.79 Å². The second-order valence-corrected chi connectivity index (χ2v) is 4.02. The van der Waals surface area contributed by atoms with Crippen LogP contribution >= 0.6 is 0 Å².